The molecule has 0 saturated heterocycles. The van der Waals surface area contributed by atoms with Crippen LogP contribution in [-0.2, 0) is 10.3 Å². The standard InChI is InChI=1S/C11H13BrN2O/c1-7(15)14-9-4-2-3-8(12)10(9)11(13)5-6-11/h2-4H,5-6,13H2,1H3,(H,14,15). The van der Waals surface area contributed by atoms with Gasteiger partial charge in [-0.3, -0.25) is 4.79 Å². The van der Waals surface area contributed by atoms with E-state index in [0.717, 1.165) is 28.6 Å². The molecule has 0 heterocycles. The fraction of sp³-hybridized carbons (Fsp3) is 0.364. The van der Waals surface area contributed by atoms with Gasteiger partial charge in [-0.2, -0.15) is 0 Å². The van der Waals surface area contributed by atoms with Crippen molar-refractivity contribution >= 4 is 27.5 Å². The van der Waals surface area contributed by atoms with E-state index in [1.165, 1.54) is 6.92 Å². The minimum absolute atomic E-state index is 0.0707. The molecule has 1 aliphatic carbocycles. The van der Waals surface area contributed by atoms with Gasteiger partial charge in [0, 0.05) is 28.2 Å². The second-order valence-electron chi connectivity index (χ2n) is 4.00. The van der Waals surface area contributed by atoms with Gasteiger partial charge in [-0.25, -0.2) is 0 Å². The van der Waals surface area contributed by atoms with E-state index >= 15 is 0 Å². The fourth-order valence-electron chi connectivity index (χ4n) is 1.71. The summed E-state index contributed by atoms with van der Waals surface area (Å²) < 4.78 is 0.966. The highest BCUT2D eigenvalue weighted by atomic mass is 79.9. The summed E-state index contributed by atoms with van der Waals surface area (Å²) in [5, 5.41) is 2.81. The molecule has 0 unspecified atom stereocenters. The van der Waals surface area contributed by atoms with Gasteiger partial charge in [0.1, 0.15) is 0 Å². The van der Waals surface area contributed by atoms with Crippen molar-refractivity contribution in [3.63, 3.8) is 0 Å². The van der Waals surface area contributed by atoms with Crippen LogP contribution in [0.1, 0.15) is 25.3 Å². The van der Waals surface area contributed by atoms with Gasteiger partial charge in [0.05, 0.1) is 0 Å². The number of rotatable bonds is 2. The van der Waals surface area contributed by atoms with Crippen molar-refractivity contribution in [3.8, 4) is 0 Å². The van der Waals surface area contributed by atoms with Crippen LogP contribution in [0.2, 0.25) is 0 Å². The number of nitrogens with two attached hydrogens (primary N) is 1. The van der Waals surface area contributed by atoms with E-state index in [0.29, 0.717) is 0 Å². The molecule has 1 aliphatic rings. The molecule has 3 nitrogen and oxygen atoms in total. The Bertz CT molecular complexity index is 413. The van der Waals surface area contributed by atoms with E-state index in [1.807, 2.05) is 18.2 Å². The molecule has 0 aliphatic heterocycles. The molecule has 1 fully saturated rings. The van der Waals surface area contributed by atoms with Crippen molar-refractivity contribution in [3.05, 3.63) is 28.2 Å². The number of benzene rings is 1. The summed E-state index contributed by atoms with van der Waals surface area (Å²) in [5.41, 5.74) is 7.74. The molecular weight excluding hydrogens is 256 g/mol. The van der Waals surface area contributed by atoms with Gasteiger partial charge >= 0.3 is 0 Å². The van der Waals surface area contributed by atoms with Crippen molar-refractivity contribution in [2.45, 2.75) is 25.3 Å². The third-order valence-corrected chi connectivity index (χ3v) is 3.27. The van der Waals surface area contributed by atoms with E-state index in [4.69, 9.17) is 5.73 Å². The van der Waals surface area contributed by atoms with Crippen molar-refractivity contribution in [2.75, 3.05) is 5.32 Å². The lowest BCUT2D eigenvalue weighted by atomic mass is 10.0. The molecule has 0 spiro atoms. The molecule has 1 aromatic carbocycles. The fourth-order valence-corrected chi connectivity index (χ4v) is 2.47. The molecule has 2 rings (SSSR count). The number of carbonyl (C=O) groups is 1. The smallest absolute Gasteiger partial charge is 0.221 e. The number of hydrogen-bond acceptors (Lipinski definition) is 2. The number of nitrogens with one attached hydrogen (secondary N) is 1. The topological polar surface area (TPSA) is 55.1 Å². The zero-order valence-corrected chi connectivity index (χ0v) is 10.1. The van der Waals surface area contributed by atoms with E-state index in [9.17, 15) is 4.79 Å². The van der Waals surface area contributed by atoms with Gasteiger partial charge in [-0.15, -0.1) is 0 Å². The van der Waals surface area contributed by atoms with Gasteiger partial charge in [0.2, 0.25) is 5.91 Å². The maximum absolute atomic E-state index is 11.1. The van der Waals surface area contributed by atoms with Crippen LogP contribution in [0.4, 0.5) is 5.69 Å². The van der Waals surface area contributed by atoms with E-state index in [1.54, 1.807) is 0 Å². The van der Waals surface area contributed by atoms with Gasteiger partial charge in [0.25, 0.3) is 0 Å². The van der Waals surface area contributed by atoms with Crippen molar-refractivity contribution < 1.29 is 4.79 Å². The first-order valence-electron chi connectivity index (χ1n) is 4.88. The van der Waals surface area contributed by atoms with Crippen LogP contribution >= 0.6 is 15.9 Å². The summed E-state index contributed by atoms with van der Waals surface area (Å²) in [6.45, 7) is 1.50. The predicted octanol–water partition coefficient (Wildman–Crippen LogP) is 2.36. The molecule has 0 bridgehead atoms. The van der Waals surface area contributed by atoms with Gasteiger partial charge in [-0.05, 0) is 25.0 Å². The van der Waals surface area contributed by atoms with Gasteiger partial charge < -0.3 is 11.1 Å². The zero-order valence-electron chi connectivity index (χ0n) is 8.51. The zero-order chi connectivity index (χ0) is 11.1. The average molecular weight is 269 g/mol. The van der Waals surface area contributed by atoms with Crippen LogP contribution in [0, 0.1) is 0 Å². The minimum Gasteiger partial charge on any atom is -0.326 e. The Kier molecular flexibility index (Phi) is 2.56. The molecule has 1 amide bonds. The van der Waals surface area contributed by atoms with E-state index in [-0.39, 0.29) is 11.4 Å². The second kappa shape index (κ2) is 3.61. The Morgan fingerprint density at radius 1 is 1.53 bits per heavy atom. The Hall–Kier alpha value is -0.870. The van der Waals surface area contributed by atoms with Crippen LogP contribution in [-0.4, -0.2) is 5.91 Å². The summed E-state index contributed by atoms with van der Waals surface area (Å²) in [5.74, 6) is -0.0707. The number of halogens is 1. The van der Waals surface area contributed by atoms with Crippen LogP contribution < -0.4 is 11.1 Å². The van der Waals surface area contributed by atoms with Crippen LogP contribution in [0.25, 0.3) is 0 Å². The van der Waals surface area contributed by atoms with Crippen LogP contribution in [0.3, 0.4) is 0 Å². The van der Waals surface area contributed by atoms with Crippen LogP contribution in [0.15, 0.2) is 22.7 Å². The summed E-state index contributed by atoms with van der Waals surface area (Å²) >= 11 is 3.48. The summed E-state index contributed by atoms with van der Waals surface area (Å²) in [4.78, 5) is 11.1. The van der Waals surface area contributed by atoms with Crippen molar-refractivity contribution in [1.29, 1.82) is 0 Å². The van der Waals surface area contributed by atoms with E-state index in [2.05, 4.69) is 21.2 Å². The Morgan fingerprint density at radius 3 is 2.73 bits per heavy atom. The lowest BCUT2D eigenvalue weighted by Gasteiger charge is -2.17. The predicted molar refractivity (Wildman–Crippen MR) is 63.5 cm³/mol. The molecule has 0 aromatic heterocycles. The molecular formula is C11H13BrN2O. The van der Waals surface area contributed by atoms with Gasteiger partial charge in [0.15, 0.2) is 0 Å². The third kappa shape index (κ3) is 2.06. The first-order valence-corrected chi connectivity index (χ1v) is 5.68. The molecule has 1 saturated carbocycles. The monoisotopic (exact) mass is 268 g/mol. The first kappa shape index (κ1) is 10.6. The first-order chi connectivity index (χ1) is 7.03. The number of anilines is 1. The number of hydrogen-bond donors (Lipinski definition) is 2. The Balaban J connectivity index is 2.44. The van der Waals surface area contributed by atoms with Crippen molar-refractivity contribution in [1.82, 2.24) is 0 Å². The highest BCUT2D eigenvalue weighted by Crippen LogP contribution is 2.48. The molecule has 80 valence electrons. The average Bonchev–Trinajstić information content (AvgIpc) is 2.83. The Morgan fingerprint density at radius 2 is 2.20 bits per heavy atom. The lowest BCUT2D eigenvalue weighted by molar-refractivity contribution is -0.114. The summed E-state index contributed by atoms with van der Waals surface area (Å²) in [6, 6.07) is 5.73. The maximum atomic E-state index is 11.1. The largest absolute Gasteiger partial charge is 0.326 e. The Labute approximate surface area is 97.2 Å². The molecule has 0 radical (unpaired) electrons. The highest BCUT2D eigenvalue weighted by molar-refractivity contribution is 9.10. The molecule has 1 aromatic rings. The maximum Gasteiger partial charge on any atom is 0.221 e. The minimum atomic E-state index is -0.252. The number of amides is 1. The second-order valence-corrected chi connectivity index (χ2v) is 4.85. The van der Waals surface area contributed by atoms with Crippen LogP contribution in [0.5, 0.6) is 0 Å². The van der Waals surface area contributed by atoms with Crippen molar-refractivity contribution in [2.24, 2.45) is 5.73 Å². The van der Waals surface area contributed by atoms with E-state index < -0.39 is 0 Å². The number of carbonyl (C=O) groups excluding carboxylic acids is 1. The highest BCUT2D eigenvalue weighted by Gasteiger charge is 2.43. The lowest BCUT2D eigenvalue weighted by Crippen LogP contribution is -2.22. The molecule has 3 N–H and O–H groups in total. The normalized spacial score (nSPS) is 17.3. The van der Waals surface area contributed by atoms with Gasteiger partial charge in [-0.1, -0.05) is 22.0 Å². The molecule has 4 heteroatoms. The third-order valence-electron chi connectivity index (χ3n) is 2.61. The quantitative estimate of drug-likeness (QED) is 0.865. The summed E-state index contributed by atoms with van der Waals surface area (Å²) in [6.07, 6.45) is 1.95. The SMILES string of the molecule is CC(=O)Nc1cccc(Br)c1C1(N)CC1. The molecule has 0 atom stereocenters. The summed E-state index contributed by atoms with van der Waals surface area (Å²) in [7, 11) is 0. The molecule has 15 heavy (non-hydrogen) atoms.